The lowest BCUT2D eigenvalue weighted by molar-refractivity contribution is -0.384. The van der Waals surface area contributed by atoms with Crippen molar-refractivity contribution in [1.82, 2.24) is 0 Å². The molecule has 1 rings (SSSR count). The molecular formula is C20H29NO7. The van der Waals surface area contributed by atoms with Gasteiger partial charge >= 0.3 is 12.1 Å². The first kappa shape index (κ1) is 23.4. The number of rotatable bonds is 14. The Balaban J connectivity index is 1.93. The summed E-state index contributed by atoms with van der Waals surface area (Å²) in [5.74, 6) is 0.0704. The maximum absolute atomic E-state index is 11.5. The number of hydrogen-bond donors (Lipinski definition) is 0. The van der Waals surface area contributed by atoms with E-state index < -0.39 is 11.1 Å². The average molecular weight is 395 g/mol. The summed E-state index contributed by atoms with van der Waals surface area (Å²) in [5.41, 5.74) is -0.0677. The summed E-state index contributed by atoms with van der Waals surface area (Å²) in [4.78, 5) is 32.5. The second kappa shape index (κ2) is 14.4. The van der Waals surface area contributed by atoms with Crippen LogP contribution < -0.4 is 4.74 Å². The lowest BCUT2D eigenvalue weighted by atomic mass is 10.1. The number of carbonyl (C=O) groups excluding carboxylic acids is 2. The molecule has 0 saturated heterocycles. The average Bonchev–Trinajstić information content (AvgIpc) is 2.68. The summed E-state index contributed by atoms with van der Waals surface area (Å²) in [7, 11) is 1.41. The van der Waals surface area contributed by atoms with E-state index in [1.807, 2.05) is 0 Å². The van der Waals surface area contributed by atoms with Gasteiger partial charge in [-0.3, -0.25) is 14.9 Å². The molecule has 0 bridgehead atoms. The van der Waals surface area contributed by atoms with Gasteiger partial charge in [-0.2, -0.15) is 0 Å². The quantitative estimate of drug-likeness (QED) is 0.140. The van der Waals surface area contributed by atoms with E-state index >= 15 is 0 Å². The Morgan fingerprint density at radius 2 is 1.43 bits per heavy atom. The van der Waals surface area contributed by atoms with Gasteiger partial charge in [-0.05, 0) is 25.0 Å². The standard InChI is InChI=1S/C20H29NO7/c1-26-19(22)11-9-7-5-3-2-4-6-8-10-16-27-20(23)28-18-14-12-17(13-15-18)21(24)25/h12-15H,2-11,16H2,1H3. The molecule has 156 valence electrons. The smallest absolute Gasteiger partial charge is 0.469 e. The Morgan fingerprint density at radius 1 is 0.893 bits per heavy atom. The number of hydrogen-bond acceptors (Lipinski definition) is 7. The van der Waals surface area contributed by atoms with Gasteiger partial charge in [-0.15, -0.1) is 0 Å². The van der Waals surface area contributed by atoms with Crippen molar-refractivity contribution in [1.29, 1.82) is 0 Å². The number of nitro groups is 1. The molecule has 0 radical (unpaired) electrons. The zero-order valence-electron chi connectivity index (χ0n) is 16.4. The Bertz CT molecular complexity index is 601. The number of methoxy groups -OCH3 is 1. The SMILES string of the molecule is COC(=O)CCCCCCCCCCCOC(=O)Oc1ccc([N+](=O)[O-])cc1. The van der Waals surface area contributed by atoms with Crippen LogP contribution in [0.15, 0.2) is 24.3 Å². The highest BCUT2D eigenvalue weighted by molar-refractivity contribution is 5.68. The van der Waals surface area contributed by atoms with E-state index in [-0.39, 0.29) is 17.4 Å². The van der Waals surface area contributed by atoms with Crippen LogP contribution in [-0.2, 0) is 14.3 Å². The Morgan fingerprint density at radius 3 is 1.96 bits per heavy atom. The second-order valence-electron chi connectivity index (χ2n) is 6.46. The van der Waals surface area contributed by atoms with E-state index in [9.17, 15) is 19.7 Å². The highest BCUT2D eigenvalue weighted by Gasteiger charge is 2.09. The summed E-state index contributed by atoms with van der Waals surface area (Å²) in [6, 6.07) is 5.24. The third-order valence-corrected chi connectivity index (χ3v) is 4.22. The predicted octanol–water partition coefficient (Wildman–Crippen LogP) is 5.18. The first-order valence-corrected chi connectivity index (χ1v) is 9.69. The number of ether oxygens (including phenoxy) is 3. The van der Waals surface area contributed by atoms with Crippen molar-refractivity contribution in [3.8, 4) is 5.75 Å². The van der Waals surface area contributed by atoms with E-state index in [0.717, 1.165) is 44.9 Å². The van der Waals surface area contributed by atoms with E-state index in [2.05, 4.69) is 4.74 Å². The first-order chi connectivity index (χ1) is 13.5. The van der Waals surface area contributed by atoms with E-state index in [1.165, 1.54) is 44.2 Å². The molecule has 8 heteroatoms. The molecule has 0 aliphatic heterocycles. The lowest BCUT2D eigenvalue weighted by Crippen LogP contribution is -2.11. The number of nitrogens with zero attached hydrogens (tertiary/aromatic N) is 1. The molecule has 0 unspecified atom stereocenters. The van der Waals surface area contributed by atoms with Gasteiger partial charge in [0.1, 0.15) is 5.75 Å². The van der Waals surface area contributed by atoms with Crippen LogP contribution >= 0.6 is 0 Å². The molecule has 8 nitrogen and oxygen atoms in total. The molecule has 0 aromatic heterocycles. The van der Waals surface area contributed by atoms with Crippen LogP contribution in [0.4, 0.5) is 10.5 Å². The fraction of sp³-hybridized carbons (Fsp3) is 0.600. The van der Waals surface area contributed by atoms with E-state index in [0.29, 0.717) is 13.0 Å². The number of unbranched alkanes of at least 4 members (excludes halogenated alkanes) is 8. The van der Waals surface area contributed by atoms with Crippen molar-refractivity contribution in [2.24, 2.45) is 0 Å². The van der Waals surface area contributed by atoms with E-state index in [1.54, 1.807) is 0 Å². The minimum Gasteiger partial charge on any atom is -0.469 e. The summed E-state index contributed by atoms with van der Waals surface area (Å²) in [5, 5.41) is 10.6. The molecular weight excluding hydrogens is 366 g/mol. The Labute approximate surface area is 165 Å². The van der Waals surface area contributed by atoms with Gasteiger partial charge in [0.05, 0.1) is 18.6 Å². The minimum absolute atomic E-state index is 0.0677. The summed E-state index contributed by atoms with van der Waals surface area (Å²) in [6.07, 6.45) is 9.09. The fourth-order valence-electron chi connectivity index (χ4n) is 2.63. The highest BCUT2D eigenvalue weighted by atomic mass is 16.7. The topological polar surface area (TPSA) is 105 Å². The largest absolute Gasteiger partial charge is 0.513 e. The molecule has 0 heterocycles. The van der Waals surface area contributed by atoms with Crippen molar-refractivity contribution >= 4 is 17.8 Å². The molecule has 0 atom stereocenters. The van der Waals surface area contributed by atoms with Gasteiger partial charge in [0.25, 0.3) is 5.69 Å². The molecule has 0 fully saturated rings. The van der Waals surface area contributed by atoms with Crippen molar-refractivity contribution < 1.29 is 28.7 Å². The van der Waals surface area contributed by atoms with Crippen LogP contribution in [0.5, 0.6) is 5.75 Å². The molecule has 0 amide bonds. The lowest BCUT2D eigenvalue weighted by Gasteiger charge is -2.06. The minimum atomic E-state index is -0.805. The Kier molecular flexibility index (Phi) is 12.1. The molecule has 0 aliphatic rings. The number of non-ortho nitro benzene ring substituents is 1. The predicted molar refractivity (Wildman–Crippen MR) is 103 cm³/mol. The summed E-state index contributed by atoms with van der Waals surface area (Å²) >= 11 is 0. The van der Waals surface area contributed by atoms with Crippen molar-refractivity contribution in [3.63, 3.8) is 0 Å². The maximum Gasteiger partial charge on any atom is 0.513 e. The van der Waals surface area contributed by atoms with Gasteiger partial charge in [0.2, 0.25) is 0 Å². The molecule has 1 aromatic carbocycles. The van der Waals surface area contributed by atoms with Crippen molar-refractivity contribution in [2.45, 2.75) is 64.2 Å². The highest BCUT2D eigenvalue weighted by Crippen LogP contribution is 2.17. The van der Waals surface area contributed by atoms with Crippen LogP contribution in [0.25, 0.3) is 0 Å². The zero-order chi connectivity index (χ0) is 20.6. The normalized spacial score (nSPS) is 10.3. The molecule has 0 spiro atoms. The van der Waals surface area contributed by atoms with Gasteiger partial charge < -0.3 is 14.2 Å². The fourth-order valence-corrected chi connectivity index (χ4v) is 2.63. The Hall–Kier alpha value is -2.64. The van der Waals surface area contributed by atoms with Crippen LogP contribution in [0.1, 0.15) is 64.2 Å². The van der Waals surface area contributed by atoms with E-state index in [4.69, 9.17) is 9.47 Å². The zero-order valence-corrected chi connectivity index (χ0v) is 16.4. The monoisotopic (exact) mass is 395 g/mol. The molecule has 0 saturated carbocycles. The van der Waals surface area contributed by atoms with Crippen LogP contribution in [0.2, 0.25) is 0 Å². The first-order valence-electron chi connectivity index (χ1n) is 9.69. The van der Waals surface area contributed by atoms with Crippen molar-refractivity contribution in [2.75, 3.05) is 13.7 Å². The number of esters is 1. The third kappa shape index (κ3) is 11.2. The maximum atomic E-state index is 11.5. The third-order valence-electron chi connectivity index (χ3n) is 4.22. The van der Waals surface area contributed by atoms with Crippen LogP contribution in [-0.4, -0.2) is 30.8 Å². The van der Waals surface area contributed by atoms with Gasteiger partial charge in [0, 0.05) is 18.6 Å². The van der Waals surface area contributed by atoms with Crippen LogP contribution in [0.3, 0.4) is 0 Å². The molecule has 28 heavy (non-hydrogen) atoms. The summed E-state index contributed by atoms with van der Waals surface area (Å²) < 4.78 is 14.5. The number of benzene rings is 1. The molecule has 1 aromatic rings. The van der Waals surface area contributed by atoms with Gasteiger partial charge in [-0.25, -0.2) is 4.79 Å². The number of carbonyl (C=O) groups is 2. The van der Waals surface area contributed by atoms with Crippen molar-refractivity contribution in [3.05, 3.63) is 34.4 Å². The molecule has 0 aliphatic carbocycles. The van der Waals surface area contributed by atoms with Crippen LogP contribution in [0, 0.1) is 10.1 Å². The summed E-state index contributed by atoms with van der Waals surface area (Å²) in [6.45, 7) is 0.291. The molecule has 0 N–H and O–H groups in total. The van der Waals surface area contributed by atoms with Gasteiger partial charge in [0.15, 0.2) is 0 Å². The number of nitro benzene ring substituents is 1. The second-order valence-corrected chi connectivity index (χ2v) is 6.46. The van der Waals surface area contributed by atoms with Gasteiger partial charge in [-0.1, -0.05) is 44.9 Å².